The molecule has 0 spiro atoms. The molecule has 3 aromatic heterocycles. The highest BCUT2D eigenvalue weighted by molar-refractivity contribution is 5.57. The lowest BCUT2D eigenvalue weighted by molar-refractivity contribution is 0.813. The highest BCUT2D eigenvalue weighted by Crippen LogP contribution is 2.20. The molecule has 8 heteroatoms. The Balaban J connectivity index is 1.60. The van der Waals surface area contributed by atoms with E-state index in [0.717, 1.165) is 22.6 Å². The predicted molar refractivity (Wildman–Crippen MR) is 117 cm³/mol. The first-order valence-electron chi connectivity index (χ1n) is 9.69. The van der Waals surface area contributed by atoms with Crippen LogP contribution in [0.5, 0.6) is 0 Å². The van der Waals surface area contributed by atoms with Crippen LogP contribution in [0.3, 0.4) is 0 Å². The van der Waals surface area contributed by atoms with Crippen LogP contribution in [-0.2, 0) is 0 Å². The zero-order chi connectivity index (χ0) is 21.4. The van der Waals surface area contributed by atoms with Gasteiger partial charge in [0, 0.05) is 24.5 Å². The Kier molecular flexibility index (Phi) is 4.44. The Morgan fingerprint density at radius 1 is 0.903 bits per heavy atom. The molecule has 0 bridgehead atoms. The molecule has 0 aliphatic carbocycles. The summed E-state index contributed by atoms with van der Waals surface area (Å²) in [6.07, 6.45) is 4.88. The van der Waals surface area contributed by atoms with Gasteiger partial charge >= 0.3 is 0 Å². The molecule has 3 heterocycles. The molecule has 0 aliphatic rings. The number of aromatic nitrogens is 6. The van der Waals surface area contributed by atoms with E-state index in [1.54, 1.807) is 34.0 Å². The molecule has 0 saturated heterocycles. The molecule has 2 aromatic carbocycles. The van der Waals surface area contributed by atoms with Crippen molar-refractivity contribution in [3.63, 3.8) is 0 Å². The van der Waals surface area contributed by atoms with Gasteiger partial charge in [-0.15, -0.1) is 0 Å². The minimum atomic E-state index is -0.193. The maximum atomic E-state index is 12.7. The van der Waals surface area contributed by atoms with Crippen molar-refractivity contribution in [3.8, 4) is 28.5 Å². The minimum absolute atomic E-state index is 0.134. The van der Waals surface area contributed by atoms with E-state index in [2.05, 4.69) is 15.3 Å². The molecule has 0 saturated carbocycles. The number of nitrogens with one attached hydrogen (secondary N) is 1. The topological polar surface area (TPSA) is 90.5 Å². The van der Waals surface area contributed by atoms with E-state index < -0.39 is 0 Å². The number of rotatable bonds is 4. The number of aryl methyl sites for hydroxylation is 1. The van der Waals surface area contributed by atoms with Gasteiger partial charge in [0.2, 0.25) is 5.43 Å². The monoisotopic (exact) mass is 410 g/mol. The van der Waals surface area contributed by atoms with Gasteiger partial charge in [0.15, 0.2) is 5.69 Å². The molecule has 8 nitrogen and oxygen atoms in total. The Morgan fingerprint density at radius 2 is 1.74 bits per heavy atom. The van der Waals surface area contributed by atoms with Crippen LogP contribution in [0.15, 0.2) is 94.9 Å². The maximum Gasteiger partial charge on any atom is 0.271 e. The molecule has 0 amide bonds. The fourth-order valence-electron chi connectivity index (χ4n) is 3.54. The summed E-state index contributed by atoms with van der Waals surface area (Å²) in [5.74, 6) is 0. The van der Waals surface area contributed by atoms with Crippen LogP contribution in [0, 0.1) is 6.92 Å². The van der Waals surface area contributed by atoms with Crippen molar-refractivity contribution >= 4 is 0 Å². The van der Waals surface area contributed by atoms with Crippen LogP contribution in [0.4, 0.5) is 0 Å². The standard InChI is InChI=1S/C23H18N6O2/c1-16-15-18(29-22(31)10-13-25-29)7-8-19(16)27-14-11-21(30)23(26-27)20-9-12-24-28(20)17-5-3-2-4-6-17/h2-15,25H,1H3. The van der Waals surface area contributed by atoms with Gasteiger partial charge in [0.1, 0.15) is 0 Å². The summed E-state index contributed by atoms with van der Waals surface area (Å²) in [5, 5.41) is 11.9. The first-order valence-corrected chi connectivity index (χ1v) is 9.69. The van der Waals surface area contributed by atoms with E-state index in [1.165, 1.54) is 16.8 Å². The average molecular weight is 410 g/mol. The maximum absolute atomic E-state index is 12.7. The van der Waals surface area contributed by atoms with E-state index in [-0.39, 0.29) is 11.0 Å². The number of nitrogens with zero attached hydrogens (tertiary/aromatic N) is 5. The van der Waals surface area contributed by atoms with Gasteiger partial charge in [-0.1, -0.05) is 18.2 Å². The Bertz CT molecular complexity index is 1490. The van der Waals surface area contributed by atoms with Crippen molar-refractivity contribution in [2.45, 2.75) is 6.92 Å². The van der Waals surface area contributed by atoms with Crippen LogP contribution in [0.1, 0.15) is 5.56 Å². The third kappa shape index (κ3) is 3.29. The Morgan fingerprint density at radius 3 is 2.48 bits per heavy atom. The normalized spacial score (nSPS) is 11.0. The average Bonchev–Trinajstić information content (AvgIpc) is 3.44. The summed E-state index contributed by atoms with van der Waals surface area (Å²) in [7, 11) is 0. The number of H-pyrrole nitrogens is 1. The third-order valence-corrected chi connectivity index (χ3v) is 5.03. The van der Waals surface area contributed by atoms with E-state index in [4.69, 9.17) is 0 Å². The molecule has 31 heavy (non-hydrogen) atoms. The van der Waals surface area contributed by atoms with Crippen molar-refractivity contribution < 1.29 is 0 Å². The van der Waals surface area contributed by atoms with Crippen molar-refractivity contribution in [2.75, 3.05) is 0 Å². The first-order chi connectivity index (χ1) is 15.1. The molecule has 5 aromatic rings. The lowest BCUT2D eigenvalue weighted by atomic mass is 10.1. The predicted octanol–water partition coefficient (Wildman–Crippen LogP) is 2.87. The smallest absolute Gasteiger partial charge is 0.271 e. The number of para-hydroxylation sites is 1. The number of benzene rings is 2. The summed E-state index contributed by atoms with van der Waals surface area (Å²) < 4.78 is 4.82. The summed E-state index contributed by atoms with van der Waals surface area (Å²) in [6.45, 7) is 1.93. The van der Waals surface area contributed by atoms with Gasteiger partial charge in [0.25, 0.3) is 5.56 Å². The molecule has 0 radical (unpaired) electrons. The largest absolute Gasteiger partial charge is 0.298 e. The highest BCUT2D eigenvalue weighted by atomic mass is 16.1. The lowest BCUT2D eigenvalue weighted by Gasteiger charge is -2.13. The Hall–Kier alpha value is -4.46. The third-order valence-electron chi connectivity index (χ3n) is 5.03. The summed E-state index contributed by atoms with van der Waals surface area (Å²) in [6, 6.07) is 19.9. The molecule has 152 valence electrons. The van der Waals surface area contributed by atoms with Crippen LogP contribution in [0.25, 0.3) is 28.5 Å². The molecule has 0 unspecified atom stereocenters. The van der Waals surface area contributed by atoms with Crippen molar-refractivity contribution in [1.82, 2.24) is 29.3 Å². The van der Waals surface area contributed by atoms with Crippen LogP contribution < -0.4 is 11.0 Å². The summed E-state index contributed by atoms with van der Waals surface area (Å²) in [4.78, 5) is 24.6. The second-order valence-corrected chi connectivity index (χ2v) is 7.04. The molecule has 5 rings (SSSR count). The SMILES string of the molecule is Cc1cc(-n2[nH]ccc2=O)ccc1-n1ccc(=O)c(-c2ccnn2-c2ccccc2)n1. The lowest BCUT2D eigenvalue weighted by Crippen LogP contribution is -2.16. The van der Waals surface area contributed by atoms with Gasteiger partial charge in [-0.05, 0) is 48.9 Å². The summed E-state index contributed by atoms with van der Waals surface area (Å²) >= 11 is 0. The Labute approximate surface area is 176 Å². The van der Waals surface area contributed by atoms with E-state index in [1.807, 2.05) is 55.5 Å². The number of hydrogen-bond acceptors (Lipinski definition) is 4. The van der Waals surface area contributed by atoms with Gasteiger partial charge in [-0.3, -0.25) is 14.7 Å². The van der Waals surface area contributed by atoms with Crippen LogP contribution >= 0.6 is 0 Å². The van der Waals surface area contributed by atoms with Gasteiger partial charge < -0.3 is 0 Å². The second-order valence-electron chi connectivity index (χ2n) is 7.04. The quantitative estimate of drug-likeness (QED) is 0.493. The first kappa shape index (κ1) is 18.6. The second kappa shape index (κ2) is 7.42. The zero-order valence-electron chi connectivity index (χ0n) is 16.6. The van der Waals surface area contributed by atoms with Crippen LogP contribution in [-0.4, -0.2) is 29.3 Å². The van der Waals surface area contributed by atoms with Gasteiger partial charge in [-0.2, -0.15) is 10.2 Å². The van der Waals surface area contributed by atoms with Crippen molar-refractivity contribution in [3.05, 3.63) is 111 Å². The fraction of sp³-hybridized carbons (Fsp3) is 0.0435. The molecule has 0 aliphatic heterocycles. The summed E-state index contributed by atoms with van der Waals surface area (Å²) in [5.41, 5.74) is 3.85. The number of aromatic amines is 1. The fourth-order valence-corrected chi connectivity index (χ4v) is 3.54. The number of hydrogen-bond donors (Lipinski definition) is 1. The molecular formula is C23H18N6O2. The molecular weight excluding hydrogens is 392 g/mol. The van der Waals surface area contributed by atoms with Crippen molar-refractivity contribution in [1.29, 1.82) is 0 Å². The van der Waals surface area contributed by atoms with Crippen LogP contribution in [0.2, 0.25) is 0 Å². The van der Waals surface area contributed by atoms with Crippen molar-refractivity contribution in [2.24, 2.45) is 0 Å². The highest BCUT2D eigenvalue weighted by Gasteiger charge is 2.14. The molecule has 1 N–H and O–H groups in total. The van der Waals surface area contributed by atoms with Gasteiger partial charge in [-0.25, -0.2) is 14.0 Å². The molecule has 0 fully saturated rings. The van der Waals surface area contributed by atoms with E-state index in [0.29, 0.717) is 11.4 Å². The minimum Gasteiger partial charge on any atom is -0.298 e. The zero-order valence-corrected chi connectivity index (χ0v) is 16.6. The van der Waals surface area contributed by atoms with E-state index in [9.17, 15) is 9.59 Å². The van der Waals surface area contributed by atoms with Gasteiger partial charge in [0.05, 0.1) is 29.0 Å². The molecule has 0 atom stereocenters. The van der Waals surface area contributed by atoms with E-state index >= 15 is 0 Å².